The molecule has 12 heavy (non-hydrogen) atoms. The summed E-state index contributed by atoms with van der Waals surface area (Å²) in [5.74, 6) is 0. The highest BCUT2D eigenvalue weighted by atomic mass is 79.9. The van der Waals surface area contributed by atoms with Crippen LogP contribution in [0.2, 0.25) is 0 Å². The van der Waals surface area contributed by atoms with Crippen LogP contribution in [-0.4, -0.2) is 4.57 Å². The predicted octanol–water partition coefficient (Wildman–Crippen LogP) is 2.19. The minimum Gasteiger partial charge on any atom is -0.310 e. The first-order chi connectivity index (χ1) is 5.59. The van der Waals surface area contributed by atoms with E-state index in [1.54, 1.807) is 16.8 Å². The van der Waals surface area contributed by atoms with E-state index in [0.717, 1.165) is 10.0 Å². The Balaban J connectivity index is 3.06. The van der Waals surface area contributed by atoms with Gasteiger partial charge < -0.3 is 4.57 Å². The van der Waals surface area contributed by atoms with Gasteiger partial charge in [0, 0.05) is 23.3 Å². The zero-order valence-corrected chi connectivity index (χ0v) is 8.47. The Kier molecular flexibility index (Phi) is 2.87. The molecule has 0 saturated heterocycles. The number of aromatic nitrogens is 1. The molecule has 64 valence electrons. The molecule has 0 amide bonds. The third-order valence-corrected chi connectivity index (χ3v) is 1.86. The third kappa shape index (κ3) is 2.34. The average molecular weight is 228 g/mol. The van der Waals surface area contributed by atoms with Crippen molar-refractivity contribution in [1.82, 2.24) is 4.57 Å². The van der Waals surface area contributed by atoms with Gasteiger partial charge in [0.05, 0.1) is 0 Å². The van der Waals surface area contributed by atoms with Gasteiger partial charge in [-0.2, -0.15) is 0 Å². The number of allylic oxidation sites excluding steroid dienone is 1. The lowest BCUT2D eigenvalue weighted by Crippen LogP contribution is -2.18. The molecule has 2 nitrogen and oxygen atoms in total. The molecule has 1 heterocycles. The van der Waals surface area contributed by atoms with Gasteiger partial charge in [-0.3, -0.25) is 4.79 Å². The Hall–Kier alpha value is -0.830. The lowest BCUT2D eigenvalue weighted by molar-refractivity contribution is 0.746. The van der Waals surface area contributed by atoms with Crippen LogP contribution >= 0.6 is 15.9 Å². The minimum atomic E-state index is 0.00111. The summed E-state index contributed by atoms with van der Waals surface area (Å²) in [6.45, 7) is 6.22. The van der Waals surface area contributed by atoms with Gasteiger partial charge in [-0.15, -0.1) is 0 Å². The van der Waals surface area contributed by atoms with Crippen molar-refractivity contribution < 1.29 is 0 Å². The molecule has 0 aliphatic carbocycles. The quantitative estimate of drug-likeness (QED) is 0.711. The molecule has 0 spiro atoms. The summed E-state index contributed by atoms with van der Waals surface area (Å²) in [5, 5.41) is 0. The van der Waals surface area contributed by atoms with Crippen molar-refractivity contribution in [1.29, 1.82) is 0 Å². The minimum absolute atomic E-state index is 0.00111. The molecule has 0 atom stereocenters. The van der Waals surface area contributed by atoms with E-state index >= 15 is 0 Å². The number of hydrogen-bond acceptors (Lipinski definition) is 1. The average Bonchev–Trinajstić information content (AvgIpc) is 1.96. The summed E-state index contributed by atoms with van der Waals surface area (Å²) < 4.78 is 2.52. The largest absolute Gasteiger partial charge is 0.310 e. The highest BCUT2D eigenvalue weighted by Crippen LogP contribution is 2.05. The standard InChI is InChI=1S/C9H10BrNO/c1-7(2)5-11-6-8(10)3-4-9(11)12/h3-4,6H,1,5H2,2H3. The van der Waals surface area contributed by atoms with Crippen molar-refractivity contribution in [3.63, 3.8) is 0 Å². The van der Waals surface area contributed by atoms with E-state index in [1.165, 1.54) is 6.07 Å². The number of nitrogens with zero attached hydrogens (tertiary/aromatic N) is 1. The van der Waals surface area contributed by atoms with Crippen LogP contribution in [0, 0.1) is 0 Å². The Morgan fingerprint density at radius 3 is 2.92 bits per heavy atom. The van der Waals surface area contributed by atoms with Crippen molar-refractivity contribution >= 4 is 15.9 Å². The maximum absolute atomic E-state index is 11.2. The molecule has 0 bridgehead atoms. The van der Waals surface area contributed by atoms with E-state index in [4.69, 9.17) is 0 Å². The fourth-order valence-corrected chi connectivity index (χ4v) is 1.30. The molecular weight excluding hydrogens is 218 g/mol. The van der Waals surface area contributed by atoms with E-state index in [0.29, 0.717) is 6.54 Å². The number of pyridine rings is 1. The van der Waals surface area contributed by atoms with Crippen molar-refractivity contribution in [3.8, 4) is 0 Å². The van der Waals surface area contributed by atoms with Crippen LogP contribution in [0.3, 0.4) is 0 Å². The Labute approximate surface area is 79.7 Å². The first-order valence-corrected chi connectivity index (χ1v) is 4.39. The van der Waals surface area contributed by atoms with Crippen LogP contribution in [0.4, 0.5) is 0 Å². The van der Waals surface area contributed by atoms with Crippen molar-refractivity contribution in [2.24, 2.45) is 0 Å². The summed E-state index contributed by atoms with van der Waals surface area (Å²) >= 11 is 3.30. The molecule has 0 aliphatic heterocycles. The van der Waals surface area contributed by atoms with E-state index in [2.05, 4.69) is 22.5 Å². The monoisotopic (exact) mass is 227 g/mol. The van der Waals surface area contributed by atoms with Gasteiger partial charge >= 0.3 is 0 Å². The molecule has 1 rings (SSSR count). The summed E-state index contributed by atoms with van der Waals surface area (Å²) in [6.07, 6.45) is 1.76. The molecule has 0 aliphatic rings. The van der Waals surface area contributed by atoms with Crippen LogP contribution in [0.5, 0.6) is 0 Å². The van der Waals surface area contributed by atoms with Gasteiger partial charge in [0.15, 0.2) is 0 Å². The number of halogens is 1. The predicted molar refractivity (Wildman–Crippen MR) is 53.2 cm³/mol. The molecule has 0 N–H and O–H groups in total. The third-order valence-electron chi connectivity index (χ3n) is 1.39. The summed E-state index contributed by atoms with van der Waals surface area (Å²) in [6, 6.07) is 3.27. The number of hydrogen-bond donors (Lipinski definition) is 0. The van der Waals surface area contributed by atoms with E-state index in [1.807, 2.05) is 6.92 Å². The summed E-state index contributed by atoms with van der Waals surface area (Å²) in [5.41, 5.74) is 0.969. The SMILES string of the molecule is C=C(C)Cn1cc(Br)ccc1=O. The van der Waals surface area contributed by atoms with Gasteiger partial charge in [0.1, 0.15) is 0 Å². The fraction of sp³-hybridized carbons (Fsp3) is 0.222. The highest BCUT2D eigenvalue weighted by molar-refractivity contribution is 9.10. The second-order valence-electron chi connectivity index (χ2n) is 2.77. The molecule has 0 aromatic carbocycles. The molecule has 3 heteroatoms. The summed E-state index contributed by atoms with van der Waals surface area (Å²) in [4.78, 5) is 11.2. The summed E-state index contributed by atoms with van der Waals surface area (Å²) in [7, 11) is 0. The van der Waals surface area contributed by atoms with Crippen LogP contribution in [0.15, 0.2) is 39.7 Å². The lowest BCUT2D eigenvalue weighted by Gasteiger charge is -2.04. The fourth-order valence-electron chi connectivity index (χ4n) is 0.917. The van der Waals surface area contributed by atoms with Crippen LogP contribution < -0.4 is 5.56 Å². The maximum Gasteiger partial charge on any atom is 0.250 e. The first-order valence-electron chi connectivity index (χ1n) is 3.60. The van der Waals surface area contributed by atoms with E-state index in [-0.39, 0.29) is 5.56 Å². The van der Waals surface area contributed by atoms with Gasteiger partial charge in [0.2, 0.25) is 0 Å². The normalized spacial score (nSPS) is 9.83. The van der Waals surface area contributed by atoms with Crippen molar-refractivity contribution in [2.75, 3.05) is 0 Å². The Morgan fingerprint density at radius 1 is 1.67 bits per heavy atom. The van der Waals surface area contributed by atoms with Gasteiger partial charge in [-0.25, -0.2) is 0 Å². The van der Waals surface area contributed by atoms with Crippen LogP contribution in [-0.2, 0) is 6.54 Å². The molecule has 0 fully saturated rings. The smallest absolute Gasteiger partial charge is 0.250 e. The lowest BCUT2D eigenvalue weighted by atomic mass is 10.3. The van der Waals surface area contributed by atoms with Gasteiger partial charge in [-0.1, -0.05) is 12.2 Å². The second-order valence-corrected chi connectivity index (χ2v) is 3.69. The zero-order valence-electron chi connectivity index (χ0n) is 6.88. The molecule has 0 radical (unpaired) electrons. The second kappa shape index (κ2) is 3.72. The number of rotatable bonds is 2. The van der Waals surface area contributed by atoms with Gasteiger partial charge in [-0.05, 0) is 28.9 Å². The van der Waals surface area contributed by atoms with Gasteiger partial charge in [0.25, 0.3) is 5.56 Å². The van der Waals surface area contributed by atoms with E-state index in [9.17, 15) is 4.79 Å². The highest BCUT2D eigenvalue weighted by Gasteiger charge is 1.95. The first kappa shape index (κ1) is 9.26. The molecular formula is C9H10BrNO. The van der Waals surface area contributed by atoms with Crippen molar-refractivity contribution in [2.45, 2.75) is 13.5 Å². The Morgan fingerprint density at radius 2 is 2.33 bits per heavy atom. The zero-order chi connectivity index (χ0) is 9.14. The Bertz CT molecular complexity index is 354. The van der Waals surface area contributed by atoms with Crippen LogP contribution in [0.1, 0.15) is 6.92 Å². The topological polar surface area (TPSA) is 22.0 Å². The molecule has 0 saturated carbocycles. The van der Waals surface area contributed by atoms with Crippen LogP contribution in [0.25, 0.3) is 0 Å². The maximum atomic E-state index is 11.2. The molecule has 0 unspecified atom stereocenters. The molecule has 1 aromatic heterocycles. The van der Waals surface area contributed by atoms with Crippen molar-refractivity contribution in [3.05, 3.63) is 45.3 Å². The van der Waals surface area contributed by atoms with E-state index < -0.39 is 0 Å². The molecule has 1 aromatic rings.